The molecule has 58 heavy (non-hydrogen) atoms. The molecule has 0 atom stereocenters. The molecule has 0 bridgehead atoms. The summed E-state index contributed by atoms with van der Waals surface area (Å²) in [6.45, 7) is 4.25. The zero-order valence-corrected chi connectivity index (χ0v) is 32.7. The van der Waals surface area contributed by atoms with E-state index in [1.165, 1.54) is 77.9 Å². The van der Waals surface area contributed by atoms with Crippen molar-refractivity contribution in [1.82, 2.24) is 0 Å². The Morgan fingerprint density at radius 2 is 0.569 bits per heavy atom. The third kappa shape index (κ3) is 6.93. The number of rotatable bonds is 8. The van der Waals surface area contributed by atoms with Crippen molar-refractivity contribution in [3.8, 4) is 55.6 Å². The van der Waals surface area contributed by atoms with Gasteiger partial charge in [0, 0.05) is 16.7 Å². The fourth-order valence-corrected chi connectivity index (χ4v) is 8.29. The number of hydrogen-bond acceptors (Lipinski definition) is 1. The van der Waals surface area contributed by atoms with Gasteiger partial charge in [-0.25, -0.2) is 0 Å². The average Bonchev–Trinajstić information content (AvgIpc) is 3.66. The molecule has 0 aliphatic carbocycles. The molecule has 0 unspecified atom stereocenters. The molecule has 1 heterocycles. The highest BCUT2D eigenvalue weighted by molar-refractivity contribution is 6.05. The molecule has 0 saturated carbocycles. The van der Waals surface area contributed by atoms with E-state index >= 15 is 0 Å². The molecular formula is C57H42O. The van der Waals surface area contributed by atoms with Gasteiger partial charge >= 0.3 is 0 Å². The van der Waals surface area contributed by atoms with Crippen molar-refractivity contribution < 1.29 is 4.42 Å². The summed E-state index contributed by atoms with van der Waals surface area (Å²) in [5, 5.41) is 2.30. The first-order valence-electron chi connectivity index (χ1n) is 20.1. The number of hydrogen-bond donors (Lipinski definition) is 0. The van der Waals surface area contributed by atoms with Crippen LogP contribution in [0, 0.1) is 13.8 Å². The minimum Gasteiger partial charge on any atom is -0.456 e. The quantitative estimate of drug-likeness (QED) is 0.141. The summed E-state index contributed by atoms with van der Waals surface area (Å²) in [5.41, 5.74) is 20.2. The smallest absolute Gasteiger partial charge is 0.136 e. The van der Waals surface area contributed by atoms with Gasteiger partial charge in [-0.15, -0.1) is 0 Å². The fraction of sp³-hybridized carbons (Fsp3) is 0.0526. The van der Waals surface area contributed by atoms with Gasteiger partial charge in [0.1, 0.15) is 11.2 Å². The second-order valence-corrected chi connectivity index (χ2v) is 15.5. The fourth-order valence-electron chi connectivity index (χ4n) is 8.29. The summed E-state index contributed by atoms with van der Waals surface area (Å²) in [5.74, 6) is 0.0582. The van der Waals surface area contributed by atoms with Gasteiger partial charge in [-0.3, -0.25) is 0 Å². The summed E-state index contributed by atoms with van der Waals surface area (Å²) < 4.78 is 6.24. The van der Waals surface area contributed by atoms with Crippen LogP contribution in [0.4, 0.5) is 0 Å². The molecule has 0 spiro atoms. The molecule has 1 aromatic heterocycles. The van der Waals surface area contributed by atoms with Gasteiger partial charge in [-0.05, 0) is 104 Å². The summed E-state index contributed by atoms with van der Waals surface area (Å²) in [7, 11) is 0. The molecule has 1 nitrogen and oxygen atoms in total. The van der Waals surface area contributed by atoms with Crippen molar-refractivity contribution in [3.05, 3.63) is 240 Å². The van der Waals surface area contributed by atoms with Gasteiger partial charge in [0.15, 0.2) is 0 Å². The molecule has 0 saturated heterocycles. The van der Waals surface area contributed by atoms with Crippen molar-refractivity contribution >= 4 is 21.9 Å². The Morgan fingerprint density at radius 1 is 0.276 bits per heavy atom. The molecule has 0 aliphatic heterocycles. The summed E-state index contributed by atoms with van der Waals surface area (Å²) in [4.78, 5) is 0. The van der Waals surface area contributed by atoms with Crippen LogP contribution in [0.1, 0.15) is 33.7 Å². The standard InChI is InChI=1S/C57H42O/c1-38-7-11-40(12-8-38)42-15-19-44(20-16-42)46-23-29-49(30-24-46)57(50-31-25-47(26-32-50)45-21-17-43(18-22-45)41-13-9-39(2)10-14-41)51-33-27-48(28-34-51)52-35-36-54-53-5-3-4-6-55(53)58-56(54)37-52/h3-37,57H,1-2H3. The lowest BCUT2D eigenvalue weighted by molar-refractivity contribution is 0.669. The molecule has 0 N–H and O–H groups in total. The second-order valence-electron chi connectivity index (χ2n) is 15.5. The maximum Gasteiger partial charge on any atom is 0.136 e. The van der Waals surface area contributed by atoms with E-state index in [2.05, 4.69) is 214 Å². The highest BCUT2D eigenvalue weighted by atomic mass is 16.3. The number of furan rings is 1. The Labute approximate surface area is 340 Å². The highest BCUT2D eigenvalue weighted by Gasteiger charge is 2.18. The maximum atomic E-state index is 6.24. The van der Waals surface area contributed by atoms with Crippen LogP contribution in [0.2, 0.25) is 0 Å². The Kier molecular flexibility index (Phi) is 9.12. The lowest BCUT2D eigenvalue weighted by Gasteiger charge is -2.20. The topological polar surface area (TPSA) is 13.1 Å². The molecule has 10 rings (SSSR count). The van der Waals surface area contributed by atoms with E-state index in [0.717, 1.165) is 27.5 Å². The van der Waals surface area contributed by atoms with Crippen LogP contribution in [0.15, 0.2) is 217 Å². The SMILES string of the molecule is Cc1ccc(-c2ccc(-c3ccc(C(c4ccc(-c5ccc(-c6ccc(C)cc6)cc5)cc4)c4ccc(-c5ccc6c(c5)oc5ccccc56)cc4)cc3)cc2)cc1. The van der Waals surface area contributed by atoms with Crippen molar-refractivity contribution in [2.24, 2.45) is 0 Å². The first-order chi connectivity index (χ1) is 28.5. The van der Waals surface area contributed by atoms with Crippen molar-refractivity contribution in [1.29, 1.82) is 0 Å². The van der Waals surface area contributed by atoms with Crippen LogP contribution >= 0.6 is 0 Å². The number of benzene rings is 9. The molecular weight excluding hydrogens is 701 g/mol. The van der Waals surface area contributed by atoms with Crippen LogP contribution < -0.4 is 0 Å². The first-order valence-corrected chi connectivity index (χ1v) is 20.1. The van der Waals surface area contributed by atoms with Gasteiger partial charge in [-0.1, -0.05) is 205 Å². The van der Waals surface area contributed by atoms with Crippen LogP contribution in [-0.4, -0.2) is 0 Å². The Balaban J connectivity index is 0.966. The van der Waals surface area contributed by atoms with E-state index in [9.17, 15) is 0 Å². The van der Waals surface area contributed by atoms with Gasteiger partial charge in [0.05, 0.1) is 0 Å². The largest absolute Gasteiger partial charge is 0.456 e. The van der Waals surface area contributed by atoms with Crippen LogP contribution in [0.3, 0.4) is 0 Å². The number of para-hydroxylation sites is 1. The van der Waals surface area contributed by atoms with Crippen LogP contribution in [0.5, 0.6) is 0 Å². The predicted molar refractivity (Wildman–Crippen MR) is 244 cm³/mol. The molecule has 276 valence electrons. The normalized spacial score (nSPS) is 11.4. The first kappa shape index (κ1) is 35.2. The van der Waals surface area contributed by atoms with Gasteiger partial charge in [-0.2, -0.15) is 0 Å². The molecule has 1 heteroatoms. The number of fused-ring (bicyclic) bond motifs is 3. The van der Waals surface area contributed by atoms with Crippen molar-refractivity contribution in [3.63, 3.8) is 0 Å². The van der Waals surface area contributed by atoms with E-state index in [-0.39, 0.29) is 5.92 Å². The minimum atomic E-state index is 0.0582. The van der Waals surface area contributed by atoms with Crippen LogP contribution in [-0.2, 0) is 0 Å². The molecule has 0 radical (unpaired) electrons. The Bertz CT molecular complexity index is 2850. The molecule has 0 aliphatic rings. The Hall–Kier alpha value is -7.22. The molecule has 9 aromatic carbocycles. The maximum absolute atomic E-state index is 6.24. The van der Waals surface area contributed by atoms with Gasteiger partial charge in [0.25, 0.3) is 0 Å². The van der Waals surface area contributed by atoms with E-state index in [4.69, 9.17) is 4.42 Å². The summed E-state index contributed by atoms with van der Waals surface area (Å²) >= 11 is 0. The summed E-state index contributed by atoms with van der Waals surface area (Å²) in [6, 6.07) is 77.4. The zero-order chi connectivity index (χ0) is 39.0. The molecule has 0 fully saturated rings. The zero-order valence-electron chi connectivity index (χ0n) is 32.7. The van der Waals surface area contributed by atoms with Crippen molar-refractivity contribution in [2.75, 3.05) is 0 Å². The predicted octanol–water partition coefficient (Wildman–Crippen LogP) is 15.7. The second kappa shape index (κ2) is 15.0. The monoisotopic (exact) mass is 742 g/mol. The van der Waals surface area contributed by atoms with E-state index < -0.39 is 0 Å². The van der Waals surface area contributed by atoms with E-state index in [1.54, 1.807) is 0 Å². The number of aryl methyl sites for hydroxylation is 2. The van der Waals surface area contributed by atoms with Gasteiger partial charge in [0.2, 0.25) is 0 Å². The third-order valence-corrected chi connectivity index (χ3v) is 11.7. The lowest BCUT2D eigenvalue weighted by Crippen LogP contribution is -2.03. The highest BCUT2D eigenvalue weighted by Crippen LogP contribution is 2.37. The van der Waals surface area contributed by atoms with E-state index in [0.29, 0.717) is 0 Å². The van der Waals surface area contributed by atoms with Gasteiger partial charge < -0.3 is 4.42 Å². The van der Waals surface area contributed by atoms with Crippen molar-refractivity contribution in [2.45, 2.75) is 19.8 Å². The average molecular weight is 743 g/mol. The van der Waals surface area contributed by atoms with E-state index in [1.807, 2.05) is 12.1 Å². The summed E-state index contributed by atoms with van der Waals surface area (Å²) in [6.07, 6.45) is 0. The third-order valence-electron chi connectivity index (χ3n) is 11.7. The molecule has 0 amide bonds. The lowest BCUT2D eigenvalue weighted by atomic mass is 9.83. The van der Waals surface area contributed by atoms with Crippen LogP contribution in [0.25, 0.3) is 77.6 Å². The Morgan fingerprint density at radius 3 is 0.966 bits per heavy atom. The molecule has 10 aromatic rings. The minimum absolute atomic E-state index is 0.0582.